The summed E-state index contributed by atoms with van der Waals surface area (Å²) in [6.45, 7) is 8.04. The summed E-state index contributed by atoms with van der Waals surface area (Å²) in [7, 11) is 0. The van der Waals surface area contributed by atoms with Crippen LogP contribution in [0.4, 0.5) is 0 Å². The number of hydrogen-bond acceptors (Lipinski definition) is 16. The molecule has 0 aromatic heterocycles. The van der Waals surface area contributed by atoms with Crippen molar-refractivity contribution in [3.8, 4) is 0 Å². The van der Waals surface area contributed by atoms with Crippen LogP contribution in [-0.4, -0.2) is 167 Å². The van der Waals surface area contributed by atoms with Gasteiger partial charge in [0.1, 0.15) is 48.3 Å². The van der Waals surface area contributed by atoms with Crippen LogP contribution in [0, 0.1) is 11.8 Å². The molecule has 0 radical (unpaired) electrons. The predicted molar refractivity (Wildman–Crippen MR) is 266 cm³/mol. The molecule has 0 aromatic carbocycles. The molecule has 0 rings (SSSR count). The van der Waals surface area contributed by atoms with Crippen molar-refractivity contribution in [3.63, 3.8) is 0 Å². The van der Waals surface area contributed by atoms with Gasteiger partial charge in [-0.1, -0.05) is 27.7 Å². The van der Waals surface area contributed by atoms with Crippen molar-refractivity contribution in [3.05, 3.63) is 0 Å². The van der Waals surface area contributed by atoms with Crippen molar-refractivity contribution in [2.24, 2.45) is 39.8 Å². The number of unbranched alkanes of at least 4 members (excludes halogenated alkanes) is 1. The van der Waals surface area contributed by atoms with Crippen LogP contribution in [0.1, 0.15) is 86.0 Å². The third-order valence-corrected chi connectivity index (χ3v) is 11.4. The summed E-state index contributed by atoms with van der Waals surface area (Å²) in [5, 5.41) is 39.6. The van der Waals surface area contributed by atoms with Crippen LogP contribution < -0.4 is 65.5 Å². The lowest BCUT2D eigenvalue weighted by Gasteiger charge is -2.28. The number of aliphatic imine (C=N–C) groups is 1. The maximum absolute atomic E-state index is 14.2. The molecule has 68 heavy (non-hydrogen) atoms. The number of aliphatic carboxylic acids is 1. The third kappa shape index (κ3) is 25.7. The molecule has 0 aliphatic carbocycles. The van der Waals surface area contributed by atoms with Crippen LogP contribution in [0.15, 0.2) is 4.99 Å². The fourth-order valence-electron chi connectivity index (χ4n) is 6.22. The number of thiol groups is 2. The van der Waals surface area contributed by atoms with Crippen molar-refractivity contribution in [1.29, 1.82) is 0 Å². The van der Waals surface area contributed by atoms with E-state index >= 15 is 0 Å². The van der Waals surface area contributed by atoms with Gasteiger partial charge in [-0.25, -0.2) is 4.79 Å². The first-order valence-corrected chi connectivity index (χ1v) is 25.1. The molecule has 0 bridgehead atoms. The quantitative estimate of drug-likeness (QED) is 0.0125. The van der Waals surface area contributed by atoms with Crippen LogP contribution in [0.25, 0.3) is 0 Å². The fraction of sp³-hybridized carbons (Fsp3) is 0.756. The molecule has 18 N–H and O–H groups in total. The van der Waals surface area contributed by atoms with Gasteiger partial charge in [0.25, 0.3) is 0 Å². The van der Waals surface area contributed by atoms with E-state index in [4.69, 9.17) is 22.9 Å². The Bertz CT molecular complexity index is 1680. The smallest absolute Gasteiger partial charge is 0.327 e. The fourth-order valence-corrected chi connectivity index (χ4v) is 7.11. The van der Waals surface area contributed by atoms with Crippen LogP contribution in [0.3, 0.4) is 0 Å². The van der Waals surface area contributed by atoms with Gasteiger partial charge in [-0.3, -0.25) is 43.3 Å². The van der Waals surface area contributed by atoms with Crippen molar-refractivity contribution >= 4 is 96.2 Å². The van der Waals surface area contributed by atoms with E-state index in [1.165, 1.54) is 18.7 Å². The number of carbonyl (C=O) groups excluding carboxylic acids is 8. The number of carboxylic acid groups (broad SMARTS) is 1. The van der Waals surface area contributed by atoms with Crippen LogP contribution >= 0.6 is 37.0 Å². The highest BCUT2D eigenvalue weighted by atomic mass is 32.2. The van der Waals surface area contributed by atoms with Gasteiger partial charge < -0.3 is 75.7 Å². The van der Waals surface area contributed by atoms with E-state index in [9.17, 15) is 53.4 Å². The normalized spacial score (nSPS) is 15.1. The Morgan fingerprint density at radius 1 is 0.559 bits per heavy atom. The first-order chi connectivity index (χ1) is 32.0. The minimum Gasteiger partial charge on any atom is -0.480 e. The second kappa shape index (κ2) is 34.7. The Morgan fingerprint density at radius 2 is 0.971 bits per heavy atom. The number of nitrogens with zero attached hydrogens (tertiary/aromatic N) is 1. The predicted octanol–water partition coefficient (Wildman–Crippen LogP) is -3.82. The Hall–Kier alpha value is -4.57. The lowest BCUT2D eigenvalue weighted by atomic mass is 9.99. The van der Waals surface area contributed by atoms with Crippen molar-refractivity contribution < 1.29 is 53.4 Å². The van der Waals surface area contributed by atoms with Crippen molar-refractivity contribution in [2.75, 3.05) is 43.2 Å². The van der Waals surface area contributed by atoms with Crippen molar-refractivity contribution in [2.45, 2.75) is 140 Å². The number of aliphatic hydroxyl groups excluding tert-OH is 1. The van der Waals surface area contributed by atoms with Crippen LogP contribution in [-0.2, 0) is 43.2 Å². The maximum atomic E-state index is 14.2. The van der Waals surface area contributed by atoms with Gasteiger partial charge in [0.2, 0.25) is 47.3 Å². The van der Waals surface area contributed by atoms with E-state index in [2.05, 4.69) is 72.8 Å². The van der Waals surface area contributed by atoms with E-state index in [-0.39, 0.29) is 80.9 Å². The average molecular weight is 1020 g/mol. The summed E-state index contributed by atoms with van der Waals surface area (Å²) in [6.07, 6.45) is 3.18. The molecule has 0 aliphatic heterocycles. The lowest BCUT2D eigenvalue weighted by Crippen LogP contribution is -2.60. The van der Waals surface area contributed by atoms with Crippen molar-refractivity contribution in [1.82, 2.24) is 42.5 Å². The second-order valence-electron chi connectivity index (χ2n) is 16.9. The third-order valence-electron chi connectivity index (χ3n) is 9.98. The SMILES string of the molecule is CSCC[C@H](NC(=O)[C@H](CCCN=C(N)N)NC(=O)[C@H](CC(C)C)NC(=O)[C@H](CC(C)C)NC(=O)[C@@H](N)CS)C(=O)N[C@@H](CCCCN)C(=O)N[C@@H](CO)C(=O)N[C@@H](C)C(=O)N[C@@H](CS)C(=O)O. The first-order valence-electron chi connectivity index (χ1n) is 22.4. The molecule has 0 saturated carbocycles. The average Bonchev–Trinajstić information content (AvgIpc) is 3.27. The Balaban J connectivity index is 6.58. The summed E-state index contributed by atoms with van der Waals surface area (Å²) in [4.78, 5) is 123. The molecular formula is C41H77N13O11S3. The molecular weight excluding hydrogens is 947 g/mol. The van der Waals surface area contributed by atoms with Gasteiger partial charge in [-0.05, 0) is 88.7 Å². The molecule has 0 heterocycles. The standard InChI is InChI=1S/C41H77N13O11S3/c1-21(2)16-28(51-33(57)24(43)19-66)38(62)52-29(17-22(3)4)37(61)49-26(11-9-14-46-41(44)45)34(58)50-27(12-15-68-6)36(60)48-25(10-7-8-13-42)35(59)53-30(18-55)39(63)47-23(5)32(56)54-31(20-67)40(64)65/h21-31,55,66-67H,7-20,42-43H2,1-6H3,(H,47,63)(H,48,60)(H,49,61)(H,50,58)(H,51,57)(H,52,62)(H,53,59)(H,54,56)(H,64,65)(H4,44,45,46)/t23-,24-,25-,26-,27-,28-,29-,30-,31-/m0/s1. The van der Waals surface area contributed by atoms with Gasteiger partial charge in [0.05, 0.1) is 12.6 Å². The summed E-state index contributed by atoms with van der Waals surface area (Å²) in [5.41, 5.74) is 22.5. The molecule has 0 aromatic rings. The molecule has 0 fully saturated rings. The molecule has 390 valence electrons. The molecule has 8 amide bonds. The van der Waals surface area contributed by atoms with Crippen LogP contribution in [0.5, 0.6) is 0 Å². The largest absolute Gasteiger partial charge is 0.480 e. The number of guanidine groups is 1. The minimum absolute atomic E-state index is 0.0208. The minimum atomic E-state index is -1.61. The number of rotatable bonds is 35. The number of aliphatic hydroxyl groups is 1. The van der Waals surface area contributed by atoms with E-state index in [0.717, 1.165) is 0 Å². The van der Waals surface area contributed by atoms with E-state index in [1.807, 2.05) is 27.7 Å². The molecule has 0 saturated heterocycles. The number of thioether (sulfide) groups is 1. The lowest BCUT2D eigenvalue weighted by molar-refractivity contribution is -0.141. The zero-order valence-electron chi connectivity index (χ0n) is 39.9. The highest BCUT2D eigenvalue weighted by molar-refractivity contribution is 7.98. The number of nitrogens with two attached hydrogens (primary N) is 4. The first kappa shape index (κ1) is 63.4. The zero-order valence-corrected chi connectivity index (χ0v) is 42.5. The number of nitrogens with one attached hydrogen (secondary N) is 8. The van der Waals surface area contributed by atoms with Gasteiger partial charge in [0, 0.05) is 18.1 Å². The topological polar surface area (TPSA) is 407 Å². The number of carbonyl (C=O) groups is 9. The molecule has 24 nitrogen and oxygen atoms in total. The van der Waals surface area contributed by atoms with E-state index in [0.29, 0.717) is 18.6 Å². The highest BCUT2D eigenvalue weighted by Gasteiger charge is 2.34. The monoisotopic (exact) mass is 1020 g/mol. The van der Waals surface area contributed by atoms with Gasteiger partial charge in [-0.15, -0.1) is 0 Å². The maximum Gasteiger partial charge on any atom is 0.327 e. The van der Waals surface area contributed by atoms with Gasteiger partial charge in [0.15, 0.2) is 5.96 Å². The Labute approximate surface area is 413 Å². The number of amides is 8. The Morgan fingerprint density at radius 3 is 1.38 bits per heavy atom. The highest BCUT2D eigenvalue weighted by Crippen LogP contribution is 2.12. The summed E-state index contributed by atoms with van der Waals surface area (Å²) in [5.74, 6) is -7.84. The zero-order chi connectivity index (χ0) is 52.1. The summed E-state index contributed by atoms with van der Waals surface area (Å²) < 4.78 is 0. The molecule has 9 atom stereocenters. The molecule has 0 aliphatic rings. The number of hydrogen-bond donors (Lipinski definition) is 16. The van der Waals surface area contributed by atoms with Gasteiger partial charge >= 0.3 is 5.97 Å². The Kier molecular flexibility index (Phi) is 32.3. The summed E-state index contributed by atoms with van der Waals surface area (Å²) in [6, 6.07) is -11.3. The van der Waals surface area contributed by atoms with E-state index < -0.39 is 114 Å². The molecule has 0 unspecified atom stereocenters. The second-order valence-corrected chi connectivity index (χ2v) is 18.6. The van der Waals surface area contributed by atoms with Gasteiger partial charge in [-0.2, -0.15) is 37.0 Å². The molecule has 27 heteroatoms. The van der Waals surface area contributed by atoms with Crippen LogP contribution in [0.2, 0.25) is 0 Å². The van der Waals surface area contributed by atoms with E-state index in [1.54, 1.807) is 6.26 Å². The summed E-state index contributed by atoms with van der Waals surface area (Å²) >= 11 is 9.32. The molecule has 0 spiro atoms. The number of carboxylic acids is 1.